The molecule has 0 aromatic heterocycles. The summed E-state index contributed by atoms with van der Waals surface area (Å²) in [6.07, 6.45) is 1.90. The Hall–Kier alpha value is -1.10. The van der Waals surface area contributed by atoms with Gasteiger partial charge in [-0.1, -0.05) is 0 Å². The first-order chi connectivity index (χ1) is 7.00. The zero-order chi connectivity index (χ0) is 11.4. The lowest BCUT2D eigenvalue weighted by Gasteiger charge is -2.33. The Morgan fingerprint density at radius 2 is 2.27 bits per heavy atom. The number of likely N-dealkylation sites (tertiary alicyclic amines) is 1. The first-order valence-electron chi connectivity index (χ1n) is 5.27. The summed E-state index contributed by atoms with van der Waals surface area (Å²) in [5, 5.41) is 8.67. The Bertz CT molecular complexity index is 253. The molecule has 0 aromatic carbocycles. The molecule has 3 N–H and O–H groups in total. The molecule has 0 saturated carbocycles. The van der Waals surface area contributed by atoms with E-state index in [2.05, 4.69) is 0 Å². The van der Waals surface area contributed by atoms with Crippen LogP contribution in [-0.2, 0) is 9.59 Å². The molecule has 1 rings (SSSR count). The van der Waals surface area contributed by atoms with E-state index in [1.165, 1.54) is 0 Å². The van der Waals surface area contributed by atoms with Crippen molar-refractivity contribution in [3.05, 3.63) is 0 Å². The topological polar surface area (TPSA) is 83.6 Å². The van der Waals surface area contributed by atoms with Gasteiger partial charge in [-0.15, -0.1) is 0 Å². The Balaban J connectivity index is 2.48. The molecule has 2 unspecified atom stereocenters. The Labute approximate surface area is 89.2 Å². The van der Waals surface area contributed by atoms with E-state index in [1.807, 2.05) is 0 Å². The number of carboxylic acids is 1. The first kappa shape index (κ1) is 12.0. The lowest BCUT2D eigenvalue weighted by atomic mass is 9.94. The summed E-state index contributed by atoms with van der Waals surface area (Å²) >= 11 is 0. The number of nitrogens with zero attached hydrogens (tertiary/aromatic N) is 1. The van der Waals surface area contributed by atoms with Crippen molar-refractivity contribution in [2.24, 2.45) is 11.7 Å². The number of hydrogen-bond acceptors (Lipinski definition) is 3. The third-order valence-corrected chi connectivity index (χ3v) is 2.68. The highest BCUT2D eigenvalue weighted by atomic mass is 16.4. The molecule has 0 aromatic rings. The van der Waals surface area contributed by atoms with Crippen LogP contribution in [0.25, 0.3) is 0 Å². The Morgan fingerprint density at radius 3 is 2.80 bits per heavy atom. The highest BCUT2D eigenvalue weighted by molar-refractivity contribution is 5.81. The molecule has 0 bridgehead atoms. The predicted molar refractivity (Wildman–Crippen MR) is 55.2 cm³/mol. The minimum absolute atomic E-state index is 0.0786. The summed E-state index contributed by atoms with van der Waals surface area (Å²) in [5.41, 5.74) is 5.51. The number of rotatable bonds is 3. The van der Waals surface area contributed by atoms with Gasteiger partial charge in [0.25, 0.3) is 0 Å². The van der Waals surface area contributed by atoms with Gasteiger partial charge in [0.2, 0.25) is 5.91 Å². The van der Waals surface area contributed by atoms with Crippen LogP contribution in [0.5, 0.6) is 0 Å². The smallest absolute Gasteiger partial charge is 0.303 e. The molecule has 1 saturated heterocycles. The van der Waals surface area contributed by atoms with E-state index in [1.54, 1.807) is 11.8 Å². The molecule has 1 aliphatic heterocycles. The molecule has 1 heterocycles. The van der Waals surface area contributed by atoms with Crippen LogP contribution in [0.15, 0.2) is 0 Å². The molecule has 1 fully saturated rings. The van der Waals surface area contributed by atoms with Gasteiger partial charge in [-0.2, -0.15) is 0 Å². The highest BCUT2D eigenvalue weighted by Gasteiger charge is 2.26. The summed E-state index contributed by atoms with van der Waals surface area (Å²) in [7, 11) is 0. The molecule has 0 aliphatic carbocycles. The van der Waals surface area contributed by atoms with Gasteiger partial charge in [0.15, 0.2) is 0 Å². The van der Waals surface area contributed by atoms with Gasteiger partial charge < -0.3 is 15.7 Å². The van der Waals surface area contributed by atoms with Gasteiger partial charge in [-0.05, 0) is 25.7 Å². The second-order valence-electron chi connectivity index (χ2n) is 4.18. The minimum atomic E-state index is -0.796. The fraction of sp³-hybridized carbons (Fsp3) is 0.800. The molecule has 1 amide bonds. The molecule has 0 radical (unpaired) electrons. The van der Waals surface area contributed by atoms with E-state index < -0.39 is 12.0 Å². The number of amides is 1. The lowest BCUT2D eigenvalue weighted by molar-refractivity contribution is -0.141. The minimum Gasteiger partial charge on any atom is -0.481 e. The number of piperidine rings is 1. The van der Waals surface area contributed by atoms with Crippen LogP contribution in [0, 0.1) is 5.92 Å². The number of carbonyl (C=O) groups excluding carboxylic acids is 1. The van der Waals surface area contributed by atoms with Crippen LogP contribution in [0.3, 0.4) is 0 Å². The van der Waals surface area contributed by atoms with Crippen molar-refractivity contribution in [3.63, 3.8) is 0 Å². The third-order valence-electron chi connectivity index (χ3n) is 2.68. The van der Waals surface area contributed by atoms with Gasteiger partial charge >= 0.3 is 5.97 Å². The first-order valence-corrected chi connectivity index (χ1v) is 5.27. The molecule has 15 heavy (non-hydrogen) atoms. The molecule has 2 atom stereocenters. The third kappa shape index (κ3) is 3.51. The van der Waals surface area contributed by atoms with Crippen LogP contribution in [0.1, 0.15) is 26.2 Å². The van der Waals surface area contributed by atoms with Gasteiger partial charge in [0, 0.05) is 19.5 Å². The zero-order valence-electron chi connectivity index (χ0n) is 8.98. The van der Waals surface area contributed by atoms with E-state index in [0.717, 1.165) is 12.8 Å². The Kier molecular flexibility index (Phi) is 4.08. The second-order valence-corrected chi connectivity index (χ2v) is 4.18. The number of nitrogens with two attached hydrogens (primary N) is 1. The van der Waals surface area contributed by atoms with Crippen LogP contribution >= 0.6 is 0 Å². The maximum Gasteiger partial charge on any atom is 0.303 e. The predicted octanol–water partition coefficient (Wildman–Crippen LogP) is 0.0469. The number of hydrogen-bond donors (Lipinski definition) is 2. The second kappa shape index (κ2) is 5.11. The Morgan fingerprint density at radius 1 is 1.60 bits per heavy atom. The quantitative estimate of drug-likeness (QED) is 0.695. The molecular formula is C10H18N2O3. The molecular weight excluding hydrogens is 196 g/mol. The maximum absolute atomic E-state index is 11.6. The van der Waals surface area contributed by atoms with Crippen LogP contribution in [-0.4, -0.2) is 41.0 Å². The zero-order valence-corrected chi connectivity index (χ0v) is 8.98. The monoisotopic (exact) mass is 214 g/mol. The lowest BCUT2D eigenvalue weighted by Crippen LogP contribution is -2.47. The van der Waals surface area contributed by atoms with Gasteiger partial charge in [0.1, 0.15) is 0 Å². The van der Waals surface area contributed by atoms with E-state index in [4.69, 9.17) is 10.8 Å². The standard InChI is InChI=1S/C10H18N2O3/c1-7(11)10(15)12-4-2-3-8(6-12)5-9(13)14/h7-8H,2-6,11H2,1H3,(H,13,14). The van der Waals surface area contributed by atoms with Gasteiger partial charge in [-0.3, -0.25) is 9.59 Å². The molecule has 1 aliphatic rings. The van der Waals surface area contributed by atoms with E-state index in [9.17, 15) is 9.59 Å². The summed E-state index contributed by atoms with van der Waals surface area (Å²) < 4.78 is 0. The van der Waals surface area contributed by atoms with Gasteiger partial charge in [0.05, 0.1) is 6.04 Å². The van der Waals surface area contributed by atoms with Crippen molar-refractivity contribution >= 4 is 11.9 Å². The van der Waals surface area contributed by atoms with Crippen molar-refractivity contribution in [3.8, 4) is 0 Å². The average Bonchev–Trinajstić information content (AvgIpc) is 2.16. The van der Waals surface area contributed by atoms with Crippen LogP contribution in [0.4, 0.5) is 0 Å². The maximum atomic E-state index is 11.6. The van der Waals surface area contributed by atoms with Crippen molar-refractivity contribution in [2.75, 3.05) is 13.1 Å². The fourth-order valence-electron chi connectivity index (χ4n) is 1.97. The summed E-state index contributed by atoms with van der Waals surface area (Å²) in [6, 6.07) is -0.492. The highest BCUT2D eigenvalue weighted by Crippen LogP contribution is 2.19. The molecule has 5 heteroatoms. The largest absolute Gasteiger partial charge is 0.481 e. The van der Waals surface area contributed by atoms with Crippen molar-refractivity contribution in [1.29, 1.82) is 0 Å². The fourth-order valence-corrected chi connectivity index (χ4v) is 1.97. The number of carbonyl (C=O) groups is 2. The van der Waals surface area contributed by atoms with Gasteiger partial charge in [-0.25, -0.2) is 0 Å². The summed E-state index contributed by atoms with van der Waals surface area (Å²) in [5.74, 6) is -0.792. The molecule has 0 spiro atoms. The number of carboxylic acid groups (broad SMARTS) is 1. The van der Waals surface area contributed by atoms with Crippen molar-refractivity contribution in [1.82, 2.24) is 4.90 Å². The van der Waals surface area contributed by atoms with Crippen LogP contribution in [0.2, 0.25) is 0 Å². The molecule has 5 nitrogen and oxygen atoms in total. The normalized spacial score (nSPS) is 23.6. The average molecular weight is 214 g/mol. The van der Waals surface area contributed by atoms with Crippen molar-refractivity contribution in [2.45, 2.75) is 32.2 Å². The number of aliphatic carboxylic acids is 1. The van der Waals surface area contributed by atoms with E-state index in [0.29, 0.717) is 13.1 Å². The SMILES string of the molecule is CC(N)C(=O)N1CCCC(CC(=O)O)C1. The summed E-state index contributed by atoms with van der Waals surface area (Å²) in [4.78, 5) is 23.8. The van der Waals surface area contributed by atoms with E-state index >= 15 is 0 Å². The summed E-state index contributed by atoms with van der Waals surface area (Å²) in [6.45, 7) is 2.90. The van der Waals surface area contributed by atoms with E-state index in [-0.39, 0.29) is 18.2 Å². The van der Waals surface area contributed by atoms with Crippen molar-refractivity contribution < 1.29 is 14.7 Å². The van der Waals surface area contributed by atoms with Crippen LogP contribution < -0.4 is 5.73 Å². The molecule has 86 valence electrons.